The minimum atomic E-state index is -2.68. The van der Waals surface area contributed by atoms with Crippen molar-refractivity contribution < 1.29 is 4.57 Å². The van der Waals surface area contributed by atoms with E-state index in [0.717, 1.165) is 65.5 Å². The molecular formula is C34H22NOP. The Labute approximate surface area is 215 Å². The van der Waals surface area contributed by atoms with Crippen LogP contribution in [0, 0.1) is 11.3 Å². The third kappa shape index (κ3) is 3.08. The summed E-state index contributed by atoms with van der Waals surface area (Å²) in [6.07, 6.45) is 0. The summed E-state index contributed by atoms with van der Waals surface area (Å²) in [4.78, 5) is 0. The van der Waals surface area contributed by atoms with Crippen molar-refractivity contribution in [1.29, 1.82) is 5.26 Å². The minimum absolute atomic E-state index is 0.650. The fraction of sp³-hybridized carbons (Fsp3) is 0.0294. The van der Waals surface area contributed by atoms with Gasteiger partial charge in [-0.25, -0.2) is 0 Å². The predicted octanol–water partition coefficient (Wildman–Crippen LogP) is 8.12. The van der Waals surface area contributed by atoms with Gasteiger partial charge in [0, 0.05) is 16.2 Å². The van der Waals surface area contributed by atoms with Gasteiger partial charge in [-0.05, 0) is 68.2 Å². The van der Waals surface area contributed by atoms with Gasteiger partial charge in [-0.2, -0.15) is 5.26 Å². The quantitative estimate of drug-likeness (QED) is 0.181. The third-order valence-electron chi connectivity index (χ3n) is 7.64. The van der Waals surface area contributed by atoms with Gasteiger partial charge in [0.1, 0.15) is 7.14 Å². The summed E-state index contributed by atoms with van der Waals surface area (Å²) in [5, 5.41) is 15.8. The highest BCUT2D eigenvalue weighted by molar-refractivity contribution is 7.79. The summed E-state index contributed by atoms with van der Waals surface area (Å²) in [7, 11) is -2.68. The molecule has 1 heterocycles. The van der Waals surface area contributed by atoms with E-state index >= 15 is 0 Å². The Balaban J connectivity index is 1.64. The lowest BCUT2D eigenvalue weighted by atomic mass is 9.84. The summed E-state index contributed by atoms with van der Waals surface area (Å²) in [5.41, 5.74) is 7.33. The van der Waals surface area contributed by atoms with E-state index in [1.165, 1.54) is 0 Å². The molecule has 1 unspecified atom stereocenters. The van der Waals surface area contributed by atoms with Gasteiger partial charge in [-0.15, -0.1) is 0 Å². The van der Waals surface area contributed by atoms with Gasteiger partial charge < -0.3 is 4.57 Å². The highest BCUT2D eigenvalue weighted by atomic mass is 31.2. The molecule has 0 aromatic heterocycles. The number of rotatable bonds is 2. The third-order valence-corrected chi connectivity index (χ3v) is 10.2. The lowest BCUT2D eigenvalue weighted by Gasteiger charge is -2.19. The Bertz CT molecular complexity index is 1920. The van der Waals surface area contributed by atoms with Gasteiger partial charge in [0.25, 0.3) is 0 Å². The van der Waals surface area contributed by atoms with Gasteiger partial charge in [-0.1, -0.05) is 103 Å². The molecule has 0 fully saturated rings. The predicted molar refractivity (Wildman–Crippen MR) is 155 cm³/mol. The molecule has 0 saturated heterocycles. The smallest absolute Gasteiger partial charge is 0.141 e. The maximum Gasteiger partial charge on any atom is 0.141 e. The average molecular weight is 492 g/mol. The molecule has 0 spiro atoms. The number of hydrogen-bond donors (Lipinski definition) is 0. The molecule has 0 radical (unpaired) electrons. The van der Waals surface area contributed by atoms with Gasteiger partial charge >= 0.3 is 0 Å². The topological polar surface area (TPSA) is 40.9 Å². The van der Waals surface area contributed by atoms with Crippen molar-refractivity contribution in [2.45, 2.75) is 0 Å². The van der Waals surface area contributed by atoms with E-state index in [1.54, 1.807) is 0 Å². The first-order valence-corrected chi connectivity index (χ1v) is 14.5. The fourth-order valence-electron chi connectivity index (χ4n) is 6.02. The second-order valence-electron chi connectivity index (χ2n) is 9.67. The van der Waals surface area contributed by atoms with Crippen LogP contribution in [0.5, 0.6) is 0 Å². The summed E-state index contributed by atoms with van der Waals surface area (Å²) in [5.74, 6) is 0. The second kappa shape index (κ2) is 8.04. The van der Waals surface area contributed by atoms with E-state index in [4.69, 9.17) is 0 Å². The van der Waals surface area contributed by atoms with Crippen LogP contribution in [0.1, 0.15) is 5.56 Å². The number of nitrogens with zero attached hydrogens (tertiary/aromatic N) is 1. The maximum atomic E-state index is 14.0. The average Bonchev–Trinajstić information content (AvgIpc) is 3.19. The summed E-state index contributed by atoms with van der Waals surface area (Å²) < 4.78 is 14.0. The fourth-order valence-corrected chi connectivity index (χ4v) is 8.33. The molecule has 6 aromatic rings. The highest BCUT2D eigenvalue weighted by Crippen LogP contribution is 2.54. The largest absolute Gasteiger partial charge is 0.314 e. The molecular weight excluding hydrogens is 469 g/mol. The van der Waals surface area contributed by atoms with Crippen LogP contribution in [0.4, 0.5) is 0 Å². The van der Waals surface area contributed by atoms with E-state index in [2.05, 4.69) is 66.7 Å². The van der Waals surface area contributed by atoms with Crippen molar-refractivity contribution in [3.8, 4) is 39.4 Å². The first-order valence-electron chi connectivity index (χ1n) is 12.3. The molecule has 3 heteroatoms. The summed E-state index contributed by atoms with van der Waals surface area (Å²) in [6.45, 7) is 1.89. The molecule has 1 aliphatic heterocycles. The number of hydrogen-bond acceptors (Lipinski definition) is 2. The van der Waals surface area contributed by atoms with Crippen molar-refractivity contribution in [1.82, 2.24) is 0 Å². The Morgan fingerprint density at radius 1 is 0.541 bits per heavy atom. The molecule has 6 aromatic carbocycles. The molecule has 0 aliphatic carbocycles. The normalized spacial score (nSPS) is 15.9. The summed E-state index contributed by atoms with van der Waals surface area (Å²) >= 11 is 0. The molecule has 0 saturated carbocycles. The van der Waals surface area contributed by atoms with Crippen LogP contribution in [-0.4, -0.2) is 6.66 Å². The van der Waals surface area contributed by atoms with E-state index in [1.807, 2.05) is 61.3 Å². The number of benzene rings is 6. The van der Waals surface area contributed by atoms with Crippen molar-refractivity contribution in [2.75, 3.05) is 6.66 Å². The van der Waals surface area contributed by atoms with Gasteiger partial charge in [-0.3, -0.25) is 0 Å². The molecule has 7 rings (SSSR count). The number of fused-ring (bicyclic) bond motifs is 5. The molecule has 1 atom stereocenters. The zero-order valence-electron chi connectivity index (χ0n) is 20.3. The second-order valence-corrected chi connectivity index (χ2v) is 12.5. The number of nitriles is 1. The Kier molecular flexibility index (Phi) is 4.74. The van der Waals surface area contributed by atoms with Crippen LogP contribution in [0.2, 0.25) is 0 Å². The van der Waals surface area contributed by atoms with Crippen molar-refractivity contribution in [3.05, 3.63) is 121 Å². The summed E-state index contributed by atoms with van der Waals surface area (Å²) in [6, 6.07) is 41.6. The first kappa shape index (κ1) is 21.8. The van der Waals surface area contributed by atoms with Gasteiger partial charge in [0.15, 0.2) is 0 Å². The molecule has 37 heavy (non-hydrogen) atoms. The van der Waals surface area contributed by atoms with Crippen LogP contribution in [0.3, 0.4) is 0 Å². The lowest BCUT2D eigenvalue weighted by molar-refractivity contribution is 0.591. The van der Waals surface area contributed by atoms with Crippen LogP contribution in [0.25, 0.3) is 54.9 Å². The van der Waals surface area contributed by atoms with E-state index in [0.29, 0.717) is 5.56 Å². The Morgan fingerprint density at radius 2 is 1.05 bits per heavy atom. The molecule has 1 aliphatic rings. The van der Waals surface area contributed by atoms with Crippen molar-refractivity contribution in [3.63, 3.8) is 0 Å². The monoisotopic (exact) mass is 491 g/mol. The van der Waals surface area contributed by atoms with Crippen LogP contribution >= 0.6 is 7.14 Å². The molecule has 2 nitrogen and oxygen atoms in total. The van der Waals surface area contributed by atoms with Crippen LogP contribution in [-0.2, 0) is 4.57 Å². The molecule has 174 valence electrons. The van der Waals surface area contributed by atoms with E-state index < -0.39 is 7.14 Å². The van der Waals surface area contributed by atoms with Gasteiger partial charge in [0.2, 0.25) is 0 Å². The van der Waals surface area contributed by atoms with Crippen molar-refractivity contribution in [2.24, 2.45) is 0 Å². The lowest BCUT2D eigenvalue weighted by Crippen LogP contribution is -2.08. The highest BCUT2D eigenvalue weighted by Gasteiger charge is 2.36. The van der Waals surface area contributed by atoms with Gasteiger partial charge in [0.05, 0.1) is 11.6 Å². The SMILES string of the molecule is CP1(=O)c2ccccc2-c2c(-c3c4ccccc4c(-c4ccc(C#N)cc4)c4ccccc34)cccc21. The van der Waals surface area contributed by atoms with E-state index in [-0.39, 0.29) is 0 Å². The standard InChI is InChI=1S/C34H22NOP/c1-37(36)30-15-7-6-13-28(30)34-29(14-8-16-31(34)37)33-26-11-4-2-9-24(26)32(25-10-3-5-12-27(25)33)23-19-17-22(21-35)18-20-23/h2-20H,1H3. The maximum absolute atomic E-state index is 14.0. The first-order chi connectivity index (χ1) is 18.1. The zero-order chi connectivity index (χ0) is 25.1. The van der Waals surface area contributed by atoms with Crippen molar-refractivity contribution >= 4 is 39.3 Å². The molecule has 0 amide bonds. The zero-order valence-corrected chi connectivity index (χ0v) is 21.2. The van der Waals surface area contributed by atoms with E-state index in [9.17, 15) is 9.83 Å². The Morgan fingerprint density at radius 3 is 1.68 bits per heavy atom. The molecule has 0 bridgehead atoms. The van der Waals surface area contributed by atoms with Crippen LogP contribution in [0.15, 0.2) is 115 Å². The molecule has 0 N–H and O–H groups in total. The Hall–Kier alpha value is -4.44. The van der Waals surface area contributed by atoms with Crippen LogP contribution < -0.4 is 10.6 Å². The minimum Gasteiger partial charge on any atom is -0.314 e.